The quantitative estimate of drug-likeness (QED) is 0.663. The maximum absolute atomic E-state index is 13.1. The summed E-state index contributed by atoms with van der Waals surface area (Å²) >= 11 is 0. The third-order valence-corrected chi connectivity index (χ3v) is 6.04. The van der Waals surface area contributed by atoms with Crippen molar-refractivity contribution in [2.75, 3.05) is 13.1 Å². The van der Waals surface area contributed by atoms with Gasteiger partial charge in [0.25, 0.3) is 5.56 Å². The summed E-state index contributed by atoms with van der Waals surface area (Å²) in [5.41, 5.74) is 2.87. The van der Waals surface area contributed by atoms with Crippen LogP contribution in [0, 0.1) is 6.92 Å². The lowest BCUT2D eigenvalue weighted by atomic mass is 9.99. The molecule has 0 aliphatic carbocycles. The van der Waals surface area contributed by atoms with Gasteiger partial charge in [-0.3, -0.25) is 4.79 Å². The van der Waals surface area contributed by atoms with Crippen molar-refractivity contribution in [3.05, 3.63) is 100.0 Å². The van der Waals surface area contributed by atoms with Crippen molar-refractivity contribution in [1.29, 1.82) is 0 Å². The molecule has 1 aromatic heterocycles. The Balaban J connectivity index is 1.39. The molecule has 1 saturated heterocycles. The van der Waals surface area contributed by atoms with E-state index in [1.165, 1.54) is 6.07 Å². The van der Waals surface area contributed by atoms with Gasteiger partial charge in [0, 0.05) is 44.7 Å². The van der Waals surface area contributed by atoms with Crippen LogP contribution in [0.25, 0.3) is 0 Å². The summed E-state index contributed by atoms with van der Waals surface area (Å²) in [6.07, 6.45) is 1.44. The molecule has 1 aliphatic rings. The number of likely N-dealkylation sites (tertiary alicyclic amines) is 1. The minimum Gasteiger partial charge on any atom is -0.490 e. The van der Waals surface area contributed by atoms with Gasteiger partial charge in [-0.15, -0.1) is 0 Å². The van der Waals surface area contributed by atoms with Gasteiger partial charge in [0.1, 0.15) is 11.9 Å². The number of nitrogens with one attached hydrogen (secondary N) is 1. The number of nitrogens with zero attached hydrogens (tertiary/aromatic N) is 2. The molecule has 6 heteroatoms. The molecule has 0 bridgehead atoms. The van der Waals surface area contributed by atoms with Gasteiger partial charge in [-0.2, -0.15) is 0 Å². The Hall–Kier alpha value is -3.54. The first-order valence-corrected chi connectivity index (χ1v) is 11.0. The number of hydrogen-bond donors (Lipinski definition) is 1. The van der Waals surface area contributed by atoms with E-state index >= 15 is 0 Å². The van der Waals surface area contributed by atoms with E-state index in [1.54, 1.807) is 11.6 Å². The van der Waals surface area contributed by atoms with Crippen LogP contribution in [0.1, 0.15) is 35.7 Å². The van der Waals surface area contributed by atoms with Crippen LogP contribution in [0.5, 0.6) is 5.75 Å². The molecule has 1 N–H and O–H groups in total. The van der Waals surface area contributed by atoms with E-state index in [9.17, 15) is 9.59 Å². The van der Waals surface area contributed by atoms with Gasteiger partial charge in [0.15, 0.2) is 0 Å². The fourth-order valence-corrected chi connectivity index (χ4v) is 4.04. The Labute approximate surface area is 188 Å². The van der Waals surface area contributed by atoms with Crippen LogP contribution in [0.15, 0.2) is 77.6 Å². The monoisotopic (exact) mass is 431 g/mol. The van der Waals surface area contributed by atoms with Crippen LogP contribution in [-0.4, -0.2) is 34.7 Å². The van der Waals surface area contributed by atoms with Crippen molar-refractivity contribution in [2.24, 2.45) is 7.05 Å². The second kappa shape index (κ2) is 9.73. The summed E-state index contributed by atoms with van der Waals surface area (Å²) in [4.78, 5) is 26.9. The molecular weight excluding hydrogens is 402 g/mol. The molecule has 6 nitrogen and oxygen atoms in total. The lowest BCUT2D eigenvalue weighted by Gasteiger charge is -2.33. The fraction of sp³-hybridized carbons (Fsp3) is 0.308. The standard InChI is InChI=1S/C26H29N3O3/c1-19-17-23(18-24(30)28(19)2)32-22-13-15-29(16-14-22)26(31)27-25(20-9-5-3-6-10-20)21-11-7-4-8-12-21/h3-12,17-18,22,25H,13-16H2,1-2H3,(H,27,31). The van der Waals surface area contributed by atoms with Gasteiger partial charge in [0.05, 0.1) is 6.04 Å². The summed E-state index contributed by atoms with van der Waals surface area (Å²) < 4.78 is 7.64. The third kappa shape index (κ3) is 5.02. The Morgan fingerprint density at radius 2 is 1.53 bits per heavy atom. The first-order valence-electron chi connectivity index (χ1n) is 11.0. The van der Waals surface area contributed by atoms with E-state index in [0.29, 0.717) is 18.8 Å². The Bertz CT molecular complexity index is 1060. The second-order valence-corrected chi connectivity index (χ2v) is 8.24. The molecule has 166 valence electrons. The van der Waals surface area contributed by atoms with E-state index in [2.05, 4.69) is 5.32 Å². The predicted molar refractivity (Wildman–Crippen MR) is 125 cm³/mol. The van der Waals surface area contributed by atoms with E-state index in [-0.39, 0.29) is 23.7 Å². The molecule has 2 amide bonds. The summed E-state index contributed by atoms with van der Waals surface area (Å²) in [6.45, 7) is 3.10. The maximum Gasteiger partial charge on any atom is 0.318 e. The van der Waals surface area contributed by atoms with Crippen molar-refractivity contribution in [3.8, 4) is 5.75 Å². The third-order valence-electron chi connectivity index (χ3n) is 6.04. The van der Waals surface area contributed by atoms with E-state index < -0.39 is 0 Å². The molecule has 2 aromatic carbocycles. The number of pyridine rings is 1. The topological polar surface area (TPSA) is 63.6 Å². The highest BCUT2D eigenvalue weighted by molar-refractivity contribution is 5.75. The van der Waals surface area contributed by atoms with Crippen molar-refractivity contribution in [3.63, 3.8) is 0 Å². The van der Waals surface area contributed by atoms with Gasteiger partial charge >= 0.3 is 6.03 Å². The number of ether oxygens (including phenoxy) is 1. The van der Waals surface area contributed by atoms with Crippen molar-refractivity contribution < 1.29 is 9.53 Å². The molecule has 1 aliphatic heterocycles. The molecule has 32 heavy (non-hydrogen) atoms. The van der Waals surface area contributed by atoms with E-state index in [1.807, 2.05) is 78.6 Å². The molecule has 0 atom stereocenters. The van der Waals surface area contributed by atoms with Gasteiger partial charge in [-0.05, 0) is 24.1 Å². The predicted octanol–water partition coefficient (Wildman–Crippen LogP) is 4.04. The molecule has 3 aromatic rings. The number of aryl methyl sites for hydroxylation is 1. The molecule has 2 heterocycles. The van der Waals surface area contributed by atoms with Crippen LogP contribution in [0.2, 0.25) is 0 Å². The normalized spacial score (nSPS) is 14.4. The van der Waals surface area contributed by atoms with E-state index in [0.717, 1.165) is 29.7 Å². The lowest BCUT2D eigenvalue weighted by Crippen LogP contribution is -2.47. The number of urea groups is 1. The number of carbonyl (C=O) groups is 1. The first-order chi connectivity index (χ1) is 15.5. The number of rotatable bonds is 5. The second-order valence-electron chi connectivity index (χ2n) is 8.24. The molecule has 0 radical (unpaired) electrons. The van der Waals surface area contributed by atoms with Gasteiger partial charge in [-0.1, -0.05) is 60.7 Å². The molecule has 4 rings (SSSR count). The van der Waals surface area contributed by atoms with Gasteiger partial charge in [0.2, 0.25) is 0 Å². The van der Waals surface area contributed by atoms with Crippen LogP contribution in [0.3, 0.4) is 0 Å². The highest BCUT2D eigenvalue weighted by atomic mass is 16.5. The van der Waals surface area contributed by atoms with Crippen LogP contribution in [0.4, 0.5) is 4.79 Å². The molecular formula is C26H29N3O3. The Kier molecular flexibility index (Phi) is 6.59. The summed E-state index contributed by atoms with van der Waals surface area (Å²) in [5, 5.41) is 3.21. The molecule has 0 saturated carbocycles. The zero-order valence-electron chi connectivity index (χ0n) is 18.5. The van der Waals surface area contributed by atoms with Crippen molar-refractivity contribution in [1.82, 2.24) is 14.8 Å². The van der Waals surface area contributed by atoms with Crippen molar-refractivity contribution >= 4 is 6.03 Å². The number of carbonyl (C=O) groups excluding carboxylic acids is 1. The summed E-state index contributed by atoms with van der Waals surface area (Å²) in [7, 11) is 1.75. The van der Waals surface area contributed by atoms with Gasteiger partial charge < -0.3 is 19.5 Å². The smallest absolute Gasteiger partial charge is 0.318 e. The number of piperidine rings is 1. The number of benzene rings is 2. The summed E-state index contributed by atoms with van der Waals surface area (Å²) in [5.74, 6) is 0.599. The highest BCUT2D eigenvalue weighted by Gasteiger charge is 2.26. The lowest BCUT2D eigenvalue weighted by molar-refractivity contribution is 0.110. The van der Waals surface area contributed by atoms with Crippen molar-refractivity contribution in [2.45, 2.75) is 31.9 Å². The Morgan fingerprint density at radius 1 is 0.969 bits per heavy atom. The van der Waals surface area contributed by atoms with Gasteiger partial charge in [-0.25, -0.2) is 4.79 Å². The molecule has 0 spiro atoms. The minimum absolute atomic E-state index is 0.00963. The number of amides is 2. The average Bonchev–Trinajstić information content (AvgIpc) is 2.82. The molecule has 0 unspecified atom stereocenters. The average molecular weight is 432 g/mol. The zero-order chi connectivity index (χ0) is 22.5. The van der Waals surface area contributed by atoms with Crippen LogP contribution < -0.4 is 15.6 Å². The van der Waals surface area contributed by atoms with E-state index in [4.69, 9.17) is 4.74 Å². The number of hydrogen-bond acceptors (Lipinski definition) is 3. The Morgan fingerprint density at radius 3 is 2.06 bits per heavy atom. The summed E-state index contributed by atoms with van der Waals surface area (Å²) in [6, 6.07) is 23.1. The fourth-order valence-electron chi connectivity index (χ4n) is 4.04. The zero-order valence-corrected chi connectivity index (χ0v) is 18.5. The molecule has 1 fully saturated rings. The SMILES string of the molecule is Cc1cc(OC2CCN(C(=O)NC(c3ccccc3)c3ccccc3)CC2)cc(=O)n1C. The largest absolute Gasteiger partial charge is 0.490 e. The first kappa shape index (κ1) is 21.7. The van der Waals surface area contributed by atoms with Crippen LogP contribution >= 0.6 is 0 Å². The number of aromatic nitrogens is 1. The van der Waals surface area contributed by atoms with Crippen LogP contribution in [-0.2, 0) is 7.05 Å². The highest BCUT2D eigenvalue weighted by Crippen LogP contribution is 2.23. The minimum atomic E-state index is -0.206. The maximum atomic E-state index is 13.1.